The van der Waals surface area contributed by atoms with E-state index in [1.165, 1.54) is 11.1 Å². The summed E-state index contributed by atoms with van der Waals surface area (Å²) in [7, 11) is 0. The van der Waals surface area contributed by atoms with Gasteiger partial charge in [-0.05, 0) is 55.9 Å². The summed E-state index contributed by atoms with van der Waals surface area (Å²) in [6, 6.07) is 10.6. The lowest BCUT2D eigenvalue weighted by molar-refractivity contribution is 0.341. The number of aromatic nitrogens is 5. The van der Waals surface area contributed by atoms with E-state index in [0.29, 0.717) is 17.9 Å². The standard InChI is InChI=1S/C25H30N6O/c1-4-20-21(22-27-14-5-15-31(22)30-20)25(2,3)18-10-6-16(7-11-18)23-28-29-24(32-23)17-8-12-19(26)13-9-17/h5-7,10-11,14-15,17,19H,4,8-9,12-13,26H2,1-3H3. The second-order valence-electron chi connectivity index (χ2n) is 9.32. The molecule has 0 bridgehead atoms. The first kappa shape index (κ1) is 20.8. The van der Waals surface area contributed by atoms with Gasteiger partial charge in [-0.15, -0.1) is 10.2 Å². The van der Waals surface area contributed by atoms with Crippen molar-refractivity contribution in [1.29, 1.82) is 0 Å². The van der Waals surface area contributed by atoms with Crippen molar-refractivity contribution in [3.63, 3.8) is 0 Å². The average Bonchev–Trinajstić information content (AvgIpc) is 3.45. The maximum atomic E-state index is 6.05. The predicted octanol–water partition coefficient (Wildman–Crippen LogP) is 4.65. The van der Waals surface area contributed by atoms with Crippen LogP contribution in [0.4, 0.5) is 0 Å². The summed E-state index contributed by atoms with van der Waals surface area (Å²) in [6.07, 6.45) is 8.71. The van der Waals surface area contributed by atoms with Crippen molar-refractivity contribution < 1.29 is 4.42 Å². The van der Waals surface area contributed by atoms with Gasteiger partial charge in [0.2, 0.25) is 11.8 Å². The third kappa shape index (κ3) is 3.60. The van der Waals surface area contributed by atoms with Gasteiger partial charge in [0.15, 0.2) is 5.65 Å². The number of aryl methyl sites for hydroxylation is 1. The van der Waals surface area contributed by atoms with Crippen LogP contribution in [0.15, 0.2) is 47.1 Å². The molecule has 166 valence electrons. The number of nitrogens with zero attached hydrogens (tertiary/aromatic N) is 5. The van der Waals surface area contributed by atoms with Crippen molar-refractivity contribution in [1.82, 2.24) is 24.8 Å². The monoisotopic (exact) mass is 430 g/mol. The van der Waals surface area contributed by atoms with Crippen molar-refractivity contribution in [2.24, 2.45) is 5.73 Å². The fourth-order valence-electron chi connectivity index (χ4n) is 4.88. The summed E-state index contributed by atoms with van der Waals surface area (Å²) >= 11 is 0. The number of fused-ring (bicyclic) bond motifs is 1. The molecule has 3 aromatic heterocycles. The Balaban J connectivity index is 1.43. The molecule has 7 nitrogen and oxygen atoms in total. The topological polar surface area (TPSA) is 95.1 Å². The Bertz CT molecular complexity index is 1210. The largest absolute Gasteiger partial charge is 0.420 e. The molecule has 1 fully saturated rings. The number of nitrogens with two attached hydrogens (primary N) is 1. The molecule has 7 heteroatoms. The Morgan fingerprint density at radius 3 is 2.56 bits per heavy atom. The van der Waals surface area contributed by atoms with E-state index >= 15 is 0 Å². The molecule has 1 aliphatic carbocycles. The van der Waals surface area contributed by atoms with Crippen LogP contribution >= 0.6 is 0 Å². The molecule has 0 spiro atoms. The minimum absolute atomic E-state index is 0.249. The van der Waals surface area contributed by atoms with E-state index in [2.05, 4.69) is 60.2 Å². The molecular weight excluding hydrogens is 400 g/mol. The molecule has 3 heterocycles. The summed E-state index contributed by atoms with van der Waals surface area (Å²) in [6.45, 7) is 6.59. The third-order valence-electron chi connectivity index (χ3n) is 6.84. The SMILES string of the molecule is CCc1nn2cccnc2c1C(C)(C)c1ccc(-c2nnc(C3CCC(N)CC3)o2)cc1. The molecule has 0 radical (unpaired) electrons. The highest BCUT2D eigenvalue weighted by molar-refractivity contribution is 5.60. The number of hydrogen-bond donors (Lipinski definition) is 1. The lowest BCUT2D eigenvalue weighted by Crippen LogP contribution is -2.25. The van der Waals surface area contributed by atoms with Gasteiger partial charge in [-0.1, -0.05) is 32.9 Å². The maximum Gasteiger partial charge on any atom is 0.247 e. The van der Waals surface area contributed by atoms with E-state index in [-0.39, 0.29) is 5.41 Å². The highest BCUT2D eigenvalue weighted by atomic mass is 16.4. The first-order chi connectivity index (χ1) is 15.5. The van der Waals surface area contributed by atoms with Crippen molar-refractivity contribution in [3.8, 4) is 11.5 Å². The van der Waals surface area contributed by atoms with Gasteiger partial charge in [0.05, 0.1) is 5.69 Å². The van der Waals surface area contributed by atoms with E-state index in [1.54, 1.807) is 0 Å². The van der Waals surface area contributed by atoms with Crippen molar-refractivity contribution in [2.75, 3.05) is 0 Å². The van der Waals surface area contributed by atoms with Crippen molar-refractivity contribution >= 4 is 5.65 Å². The van der Waals surface area contributed by atoms with Crippen LogP contribution in [0.3, 0.4) is 0 Å². The van der Waals surface area contributed by atoms with Gasteiger partial charge >= 0.3 is 0 Å². The molecule has 0 atom stereocenters. The summed E-state index contributed by atoms with van der Waals surface area (Å²) in [4.78, 5) is 4.62. The first-order valence-electron chi connectivity index (χ1n) is 11.5. The zero-order valence-electron chi connectivity index (χ0n) is 19.0. The van der Waals surface area contributed by atoms with Gasteiger partial charge in [-0.2, -0.15) is 5.10 Å². The van der Waals surface area contributed by atoms with E-state index < -0.39 is 0 Å². The molecule has 2 N–H and O–H groups in total. The first-order valence-corrected chi connectivity index (χ1v) is 11.5. The summed E-state index contributed by atoms with van der Waals surface area (Å²) in [5.74, 6) is 1.64. The molecule has 0 unspecified atom stereocenters. The Morgan fingerprint density at radius 1 is 1.09 bits per heavy atom. The van der Waals surface area contributed by atoms with Gasteiger partial charge in [-0.25, -0.2) is 9.50 Å². The second kappa shape index (κ2) is 8.13. The Morgan fingerprint density at radius 2 is 1.84 bits per heavy atom. The number of hydrogen-bond acceptors (Lipinski definition) is 6. The summed E-state index contributed by atoms with van der Waals surface area (Å²) in [5, 5.41) is 13.4. The molecule has 0 aliphatic heterocycles. The zero-order valence-corrected chi connectivity index (χ0v) is 19.0. The highest BCUT2D eigenvalue weighted by Crippen LogP contribution is 2.37. The fourth-order valence-corrected chi connectivity index (χ4v) is 4.88. The van der Waals surface area contributed by atoms with Crippen LogP contribution in [0.5, 0.6) is 0 Å². The van der Waals surface area contributed by atoms with Crippen LogP contribution in [0.1, 0.15) is 75.1 Å². The van der Waals surface area contributed by atoms with Gasteiger partial charge < -0.3 is 10.2 Å². The fraction of sp³-hybridized carbons (Fsp3) is 0.440. The lowest BCUT2D eigenvalue weighted by atomic mass is 9.77. The van der Waals surface area contributed by atoms with Gasteiger partial charge in [0.1, 0.15) is 0 Å². The molecule has 1 aliphatic rings. The van der Waals surface area contributed by atoms with Crippen LogP contribution in [-0.2, 0) is 11.8 Å². The molecule has 0 saturated heterocycles. The molecule has 5 rings (SSSR count). The lowest BCUT2D eigenvalue weighted by Gasteiger charge is -2.26. The Kier molecular flexibility index (Phi) is 5.29. The average molecular weight is 431 g/mol. The molecule has 0 amide bonds. The highest BCUT2D eigenvalue weighted by Gasteiger charge is 2.31. The quantitative estimate of drug-likeness (QED) is 0.495. The Hall–Kier alpha value is -3.06. The van der Waals surface area contributed by atoms with Crippen LogP contribution in [0.2, 0.25) is 0 Å². The maximum absolute atomic E-state index is 6.05. The second-order valence-corrected chi connectivity index (χ2v) is 9.32. The van der Waals surface area contributed by atoms with Gasteiger partial charge in [0.25, 0.3) is 0 Å². The summed E-state index contributed by atoms with van der Waals surface area (Å²) < 4.78 is 7.93. The van der Waals surface area contributed by atoms with Gasteiger partial charge in [0, 0.05) is 40.9 Å². The van der Waals surface area contributed by atoms with E-state index in [4.69, 9.17) is 15.2 Å². The molecular formula is C25H30N6O. The van der Waals surface area contributed by atoms with Crippen LogP contribution in [-0.4, -0.2) is 30.8 Å². The van der Waals surface area contributed by atoms with E-state index in [9.17, 15) is 0 Å². The molecule has 4 aromatic rings. The number of benzene rings is 1. The smallest absolute Gasteiger partial charge is 0.247 e. The number of rotatable bonds is 5. The van der Waals surface area contributed by atoms with E-state index in [0.717, 1.165) is 54.9 Å². The van der Waals surface area contributed by atoms with Crippen LogP contribution in [0.25, 0.3) is 17.1 Å². The predicted molar refractivity (Wildman–Crippen MR) is 123 cm³/mol. The summed E-state index contributed by atoms with van der Waals surface area (Å²) in [5.41, 5.74) is 11.1. The molecule has 1 aromatic carbocycles. The van der Waals surface area contributed by atoms with Crippen molar-refractivity contribution in [2.45, 2.75) is 70.3 Å². The third-order valence-corrected chi connectivity index (χ3v) is 6.84. The van der Waals surface area contributed by atoms with Crippen LogP contribution < -0.4 is 5.73 Å². The normalized spacial score (nSPS) is 19.5. The van der Waals surface area contributed by atoms with Crippen LogP contribution in [0, 0.1) is 0 Å². The minimum Gasteiger partial charge on any atom is -0.420 e. The molecule has 32 heavy (non-hydrogen) atoms. The van der Waals surface area contributed by atoms with Gasteiger partial charge in [-0.3, -0.25) is 0 Å². The zero-order chi connectivity index (χ0) is 22.3. The molecule has 1 saturated carbocycles. The van der Waals surface area contributed by atoms with Crippen molar-refractivity contribution in [3.05, 3.63) is 65.4 Å². The Labute approximate surface area is 188 Å². The minimum atomic E-state index is -0.249. The van der Waals surface area contributed by atoms with E-state index in [1.807, 2.05) is 23.0 Å².